The molecule has 1 unspecified atom stereocenters. The van der Waals surface area contributed by atoms with E-state index in [4.69, 9.17) is 10.00 Å². The molecule has 0 rings (SSSR count). The van der Waals surface area contributed by atoms with Crippen molar-refractivity contribution in [2.24, 2.45) is 5.41 Å². The quantitative estimate of drug-likeness (QED) is 0.701. The van der Waals surface area contributed by atoms with Crippen molar-refractivity contribution < 1.29 is 9.53 Å². The number of carbonyl (C=O) groups is 1. The van der Waals surface area contributed by atoms with Gasteiger partial charge >= 0.3 is 0 Å². The van der Waals surface area contributed by atoms with Gasteiger partial charge in [-0.1, -0.05) is 20.8 Å². The molecule has 0 aromatic heterocycles. The second-order valence-electron chi connectivity index (χ2n) is 4.00. The van der Waals surface area contributed by atoms with E-state index in [0.717, 1.165) is 0 Å². The standard InChI is InChI=1S/C9H16N2O2/c1-9(2,3)6-13-7(5-10)8(12)11-4/h7H,6H2,1-4H3,(H,11,12). The minimum absolute atomic E-state index is 0.0386. The van der Waals surface area contributed by atoms with Crippen molar-refractivity contribution in [3.05, 3.63) is 0 Å². The van der Waals surface area contributed by atoms with E-state index < -0.39 is 12.0 Å². The molecule has 0 fully saturated rings. The van der Waals surface area contributed by atoms with Crippen LogP contribution in [0.4, 0.5) is 0 Å². The van der Waals surface area contributed by atoms with Gasteiger partial charge in [0.05, 0.1) is 6.61 Å². The van der Waals surface area contributed by atoms with Gasteiger partial charge in [0.15, 0.2) is 0 Å². The Bertz CT molecular complexity index is 213. The van der Waals surface area contributed by atoms with Gasteiger partial charge in [-0.3, -0.25) is 4.79 Å². The van der Waals surface area contributed by atoms with Crippen LogP contribution in [0.15, 0.2) is 0 Å². The van der Waals surface area contributed by atoms with Gasteiger partial charge in [-0.2, -0.15) is 5.26 Å². The molecule has 4 nitrogen and oxygen atoms in total. The lowest BCUT2D eigenvalue weighted by atomic mass is 9.98. The van der Waals surface area contributed by atoms with Crippen molar-refractivity contribution in [3.63, 3.8) is 0 Å². The Morgan fingerprint density at radius 3 is 2.46 bits per heavy atom. The van der Waals surface area contributed by atoms with Gasteiger partial charge in [-0.25, -0.2) is 0 Å². The van der Waals surface area contributed by atoms with E-state index in [-0.39, 0.29) is 5.41 Å². The molecule has 0 aromatic rings. The van der Waals surface area contributed by atoms with Gasteiger partial charge < -0.3 is 10.1 Å². The van der Waals surface area contributed by atoms with Crippen molar-refractivity contribution in [2.45, 2.75) is 26.9 Å². The molecular formula is C9H16N2O2. The highest BCUT2D eigenvalue weighted by Crippen LogP contribution is 2.13. The second-order valence-corrected chi connectivity index (χ2v) is 4.00. The van der Waals surface area contributed by atoms with Crippen LogP contribution in [0.2, 0.25) is 0 Å². The van der Waals surface area contributed by atoms with Crippen LogP contribution < -0.4 is 5.32 Å². The van der Waals surface area contributed by atoms with E-state index in [1.807, 2.05) is 20.8 Å². The van der Waals surface area contributed by atoms with Crippen molar-refractivity contribution in [1.82, 2.24) is 5.32 Å². The molecule has 0 heterocycles. The zero-order valence-electron chi connectivity index (χ0n) is 8.55. The average molecular weight is 184 g/mol. The first kappa shape index (κ1) is 11.9. The second kappa shape index (κ2) is 4.83. The van der Waals surface area contributed by atoms with Crippen molar-refractivity contribution in [1.29, 1.82) is 5.26 Å². The number of nitrogens with one attached hydrogen (secondary N) is 1. The Balaban J connectivity index is 4.03. The number of likely N-dealkylation sites (N-methyl/N-ethyl adjacent to an activating group) is 1. The summed E-state index contributed by atoms with van der Waals surface area (Å²) in [5.74, 6) is -0.397. The third-order valence-corrected chi connectivity index (χ3v) is 1.28. The fourth-order valence-electron chi connectivity index (χ4n) is 0.636. The maximum Gasteiger partial charge on any atom is 0.263 e. The number of nitrogens with zero attached hydrogens (tertiary/aromatic N) is 1. The number of nitriles is 1. The van der Waals surface area contributed by atoms with Crippen LogP contribution in [-0.4, -0.2) is 25.7 Å². The number of hydrogen-bond donors (Lipinski definition) is 1. The molecular weight excluding hydrogens is 168 g/mol. The van der Waals surface area contributed by atoms with Crippen LogP contribution in [0, 0.1) is 16.7 Å². The van der Waals surface area contributed by atoms with E-state index in [2.05, 4.69) is 5.32 Å². The fraction of sp³-hybridized carbons (Fsp3) is 0.778. The van der Waals surface area contributed by atoms with Gasteiger partial charge in [0.25, 0.3) is 5.91 Å². The zero-order chi connectivity index (χ0) is 10.5. The van der Waals surface area contributed by atoms with Crippen LogP contribution in [0.5, 0.6) is 0 Å². The number of carbonyl (C=O) groups excluding carboxylic acids is 1. The molecule has 0 spiro atoms. The lowest BCUT2D eigenvalue weighted by Crippen LogP contribution is -2.34. The SMILES string of the molecule is CNC(=O)C(C#N)OCC(C)(C)C. The molecule has 4 heteroatoms. The van der Waals surface area contributed by atoms with Crippen LogP contribution in [0.3, 0.4) is 0 Å². The first-order chi connectivity index (χ1) is 5.90. The summed E-state index contributed by atoms with van der Waals surface area (Å²) in [5, 5.41) is 11.0. The summed E-state index contributed by atoms with van der Waals surface area (Å²) in [6.07, 6.45) is -0.996. The maximum atomic E-state index is 11.0. The highest BCUT2D eigenvalue weighted by Gasteiger charge is 2.20. The number of rotatable bonds is 3. The smallest absolute Gasteiger partial charge is 0.263 e. The van der Waals surface area contributed by atoms with E-state index in [9.17, 15) is 4.79 Å². The summed E-state index contributed by atoms with van der Waals surface area (Å²) in [6.45, 7) is 6.32. The third kappa shape index (κ3) is 5.21. The number of ether oxygens (including phenoxy) is 1. The Hall–Kier alpha value is -1.08. The Labute approximate surface area is 78.9 Å². The van der Waals surface area contributed by atoms with Crippen molar-refractivity contribution >= 4 is 5.91 Å². The van der Waals surface area contributed by atoms with Gasteiger partial charge in [0.1, 0.15) is 6.07 Å². The summed E-state index contributed by atoms with van der Waals surface area (Å²) in [6, 6.07) is 1.79. The van der Waals surface area contributed by atoms with Gasteiger partial charge in [-0.15, -0.1) is 0 Å². The highest BCUT2D eigenvalue weighted by atomic mass is 16.5. The normalized spacial score (nSPS) is 13.2. The zero-order valence-corrected chi connectivity index (χ0v) is 8.55. The highest BCUT2D eigenvalue weighted by molar-refractivity contribution is 5.83. The lowest BCUT2D eigenvalue weighted by Gasteiger charge is -2.19. The molecule has 0 aromatic carbocycles. The molecule has 0 aliphatic rings. The Morgan fingerprint density at radius 2 is 2.15 bits per heavy atom. The van der Waals surface area contributed by atoms with E-state index in [1.54, 1.807) is 6.07 Å². The molecule has 0 saturated heterocycles. The minimum atomic E-state index is -0.996. The summed E-state index contributed by atoms with van der Waals surface area (Å²) >= 11 is 0. The predicted molar refractivity (Wildman–Crippen MR) is 48.9 cm³/mol. The first-order valence-corrected chi connectivity index (χ1v) is 4.13. The van der Waals surface area contributed by atoms with Crippen molar-refractivity contribution in [3.8, 4) is 6.07 Å². The predicted octanol–water partition coefficient (Wildman–Crippen LogP) is 0.687. The molecule has 1 N–H and O–H groups in total. The number of amides is 1. The van der Waals surface area contributed by atoms with Gasteiger partial charge in [-0.05, 0) is 5.41 Å². The Kier molecular flexibility index (Phi) is 4.43. The first-order valence-electron chi connectivity index (χ1n) is 4.13. The summed E-state index contributed by atoms with van der Waals surface area (Å²) in [4.78, 5) is 11.0. The molecule has 13 heavy (non-hydrogen) atoms. The third-order valence-electron chi connectivity index (χ3n) is 1.28. The monoisotopic (exact) mass is 184 g/mol. The molecule has 1 amide bonds. The average Bonchev–Trinajstić information content (AvgIpc) is 2.03. The molecule has 0 aliphatic heterocycles. The Morgan fingerprint density at radius 1 is 1.62 bits per heavy atom. The van der Waals surface area contributed by atoms with Crippen LogP contribution >= 0.6 is 0 Å². The van der Waals surface area contributed by atoms with E-state index in [1.165, 1.54) is 7.05 Å². The molecule has 0 bridgehead atoms. The molecule has 74 valence electrons. The van der Waals surface area contributed by atoms with Crippen LogP contribution in [-0.2, 0) is 9.53 Å². The molecule has 0 aliphatic carbocycles. The topological polar surface area (TPSA) is 62.1 Å². The molecule has 0 radical (unpaired) electrons. The molecule has 0 saturated carbocycles. The van der Waals surface area contributed by atoms with Crippen LogP contribution in [0.25, 0.3) is 0 Å². The maximum absolute atomic E-state index is 11.0. The largest absolute Gasteiger partial charge is 0.356 e. The van der Waals surface area contributed by atoms with E-state index >= 15 is 0 Å². The van der Waals surface area contributed by atoms with Crippen LogP contribution in [0.1, 0.15) is 20.8 Å². The lowest BCUT2D eigenvalue weighted by molar-refractivity contribution is -0.130. The van der Waals surface area contributed by atoms with E-state index in [0.29, 0.717) is 6.61 Å². The summed E-state index contributed by atoms with van der Waals surface area (Å²) in [7, 11) is 1.48. The fourth-order valence-corrected chi connectivity index (χ4v) is 0.636. The van der Waals surface area contributed by atoms with Gasteiger partial charge in [0, 0.05) is 7.05 Å². The van der Waals surface area contributed by atoms with Crippen molar-refractivity contribution in [2.75, 3.05) is 13.7 Å². The summed E-state index contributed by atoms with van der Waals surface area (Å²) < 4.78 is 5.14. The minimum Gasteiger partial charge on any atom is -0.356 e. The summed E-state index contributed by atoms with van der Waals surface area (Å²) in [5.41, 5.74) is -0.0386. The molecule has 1 atom stereocenters. The number of hydrogen-bond acceptors (Lipinski definition) is 3. The van der Waals surface area contributed by atoms with Gasteiger partial charge in [0.2, 0.25) is 6.10 Å².